The van der Waals surface area contributed by atoms with Crippen LogP contribution in [0.15, 0.2) is 27.6 Å². The molecule has 0 bridgehead atoms. The monoisotopic (exact) mass is 718 g/mol. The number of hydrogen-bond acceptors (Lipinski definition) is 13. The zero-order valence-corrected chi connectivity index (χ0v) is 29.6. The topological polar surface area (TPSA) is 206 Å². The van der Waals surface area contributed by atoms with Crippen molar-refractivity contribution in [2.45, 2.75) is 151 Å². The quantitative estimate of drug-likeness (QED) is 0.127. The van der Waals surface area contributed by atoms with Gasteiger partial charge in [0, 0.05) is 17.9 Å². The molecule has 4 aliphatic carbocycles. The fourth-order valence-electron chi connectivity index (χ4n) is 11.3. The molecule has 4 saturated carbocycles. The van der Waals surface area contributed by atoms with E-state index in [9.17, 15) is 39.9 Å². The Bertz CT molecular complexity index is 1490. The number of ether oxygens (including phenoxy) is 4. The van der Waals surface area contributed by atoms with Crippen LogP contribution in [0.2, 0.25) is 0 Å². The summed E-state index contributed by atoms with van der Waals surface area (Å²) >= 11 is 0. The van der Waals surface area contributed by atoms with Gasteiger partial charge in [0.25, 0.3) is 0 Å². The van der Waals surface area contributed by atoms with E-state index in [1.807, 2.05) is 6.07 Å². The molecule has 0 radical (unpaired) electrons. The highest BCUT2D eigenvalue weighted by molar-refractivity contribution is 5.73. The lowest BCUT2D eigenvalue weighted by Crippen LogP contribution is -2.65. The summed E-state index contributed by atoms with van der Waals surface area (Å²) in [5.41, 5.74) is -0.826. The Morgan fingerprint density at radius 3 is 2.41 bits per heavy atom. The summed E-state index contributed by atoms with van der Waals surface area (Å²) in [7, 11) is 0. The SMILES string of the molecule is C[C@]12CC[C@H](C(=O)OCCCCCCC(=O)O[C@@H]3O[C@H](CO)[C@@H](O)[C@H](O)[C@H]3O)C[C@@]1(O)CC[C@@H]1[C@H]2CC[C@]2(C)[C@@H](c3ccc(=O)oc3)C[C@H]3O[C@@]132. The van der Waals surface area contributed by atoms with Crippen LogP contribution in [0, 0.1) is 28.6 Å². The van der Waals surface area contributed by atoms with Crippen molar-refractivity contribution in [1.82, 2.24) is 0 Å². The minimum absolute atomic E-state index is 0.0519. The summed E-state index contributed by atoms with van der Waals surface area (Å²) in [5, 5.41) is 51.3. The molecule has 1 spiro atoms. The molecule has 5 N–H and O–H groups in total. The van der Waals surface area contributed by atoms with Crippen molar-refractivity contribution >= 4 is 11.9 Å². The van der Waals surface area contributed by atoms with Gasteiger partial charge in [-0.15, -0.1) is 0 Å². The largest absolute Gasteiger partial charge is 0.465 e. The van der Waals surface area contributed by atoms with Crippen LogP contribution in [0.5, 0.6) is 0 Å². The first-order valence-electron chi connectivity index (χ1n) is 18.9. The highest BCUT2D eigenvalue weighted by Gasteiger charge is 2.81. The normalized spacial score (nSPS) is 45.5. The van der Waals surface area contributed by atoms with Crippen LogP contribution in [0.3, 0.4) is 0 Å². The van der Waals surface area contributed by atoms with E-state index < -0.39 is 48.9 Å². The molecule has 1 aromatic rings. The molecular weight excluding hydrogens is 664 g/mol. The lowest BCUT2D eigenvalue weighted by Gasteiger charge is -2.64. The van der Waals surface area contributed by atoms with Gasteiger partial charge in [-0.2, -0.15) is 0 Å². The maximum atomic E-state index is 13.2. The molecule has 3 heterocycles. The van der Waals surface area contributed by atoms with E-state index in [2.05, 4.69) is 13.8 Å². The van der Waals surface area contributed by atoms with Gasteiger partial charge in [-0.3, -0.25) is 9.59 Å². The zero-order chi connectivity index (χ0) is 36.3. The van der Waals surface area contributed by atoms with E-state index >= 15 is 0 Å². The number of carbonyl (C=O) groups is 2. The molecule has 7 rings (SSSR count). The van der Waals surface area contributed by atoms with Crippen molar-refractivity contribution < 1.29 is 58.5 Å². The molecule has 2 aliphatic heterocycles. The first-order chi connectivity index (χ1) is 24.3. The maximum Gasteiger partial charge on any atom is 0.335 e. The van der Waals surface area contributed by atoms with Crippen molar-refractivity contribution in [2.75, 3.05) is 13.2 Å². The van der Waals surface area contributed by atoms with Gasteiger partial charge in [0.15, 0.2) is 0 Å². The fourth-order valence-corrected chi connectivity index (χ4v) is 11.3. The Morgan fingerprint density at radius 1 is 0.922 bits per heavy atom. The number of aliphatic hydroxyl groups excluding tert-OH is 4. The highest BCUT2D eigenvalue weighted by Crippen LogP contribution is 2.78. The van der Waals surface area contributed by atoms with Crippen LogP contribution < -0.4 is 5.63 Å². The van der Waals surface area contributed by atoms with Crippen molar-refractivity contribution in [2.24, 2.45) is 28.6 Å². The van der Waals surface area contributed by atoms with Gasteiger partial charge in [0.2, 0.25) is 6.29 Å². The second-order valence-corrected chi connectivity index (χ2v) is 16.7. The number of hydrogen-bond donors (Lipinski definition) is 5. The molecular formula is C38H54O13. The maximum absolute atomic E-state index is 13.2. The van der Waals surface area contributed by atoms with E-state index in [0.717, 1.165) is 44.1 Å². The van der Waals surface area contributed by atoms with Crippen molar-refractivity contribution in [3.63, 3.8) is 0 Å². The van der Waals surface area contributed by atoms with Crippen molar-refractivity contribution in [3.8, 4) is 0 Å². The molecule has 6 aliphatic rings. The van der Waals surface area contributed by atoms with Crippen molar-refractivity contribution in [3.05, 3.63) is 34.4 Å². The summed E-state index contributed by atoms with van der Waals surface area (Å²) < 4.78 is 27.9. The third-order valence-electron chi connectivity index (χ3n) is 14.3. The standard InChI is InChI=1S/C38H54O13/c1-35-13-10-21(33(45)47-16-6-4-3-5-7-29(41)50-34-32(44)31(43)30(42)26(19-39)49-34)18-37(35,46)15-12-24-23(35)11-14-36(2)25(17-27-38(24,36)51-27)22-8-9-28(40)48-20-22/h8-9,20-21,23-27,30-32,34,39,42-44,46H,3-7,10-19H2,1-2H3/t21-,23+,24+,25+,26+,27+,30+,31-,32+,34-,35+,36+,37-,38-/m0/s1. The Labute approximate surface area is 297 Å². The van der Waals surface area contributed by atoms with Crippen LogP contribution in [0.25, 0.3) is 0 Å². The molecule has 51 heavy (non-hydrogen) atoms. The molecule has 1 aromatic heterocycles. The van der Waals surface area contributed by atoms with Gasteiger partial charge in [0.05, 0.1) is 37.1 Å². The van der Waals surface area contributed by atoms with Gasteiger partial charge in [-0.05, 0) is 99.0 Å². The van der Waals surface area contributed by atoms with Crippen LogP contribution in [0.4, 0.5) is 0 Å². The number of aliphatic hydroxyl groups is 5. The van der Waals surface area contributed by atoms with Crippen LogP contribution in [0.1, 0.15) is 109 Å². The number of fused-ring (bicyclic) bond motifs is 3. The van der Waals surface area contributed by atoms with Gasteiger partial charge in [-0.1, -0.05) is 26.7 Å². The molecule has 13 heteroatoms. The molecule has 6 fully saturated rings. The first-order valence-corrected chi connectivity index (χ1v) is 18.9. The van der Waals surface area contributed by atoms with Crippen LogP contribution in [-0.2, 0) is 28.5 Å². The van der Waals surface area contributed by atoms with Crippen LogP contribution in [-0.4, -0.2) is 98.7 Å². The van der Waals surface area contributed by atoms with E-state index in [1.165, 1.54) is 6.07 Å². The van der Waals surface area contributed by atoms with Gasteiger partial charge >= 0.3 is 17.6 Å². The molecule has 284 valence electrons. The lowest BCUT2D eigenvalue weighted by atomic mass is 9.42. The van der Waals surface area contributed by atoms with Gasteiger partial charge in [0.1, 0.15) is 30.0 Å². The lowest BCUT2D eigenvalue weighted by molar-refractivity contribution is -0.292. The predicted octanol–water partition coefficient (Wildman–Crippen LogP) is 2.47. The zero-order valence-electron chi connectivity index (χ0n) is 29.6. The average Bonchev–Trinajstić information content (AvgIpc) is 3.77. The Kier molecular flexibility index (Phi) is 9.99. The Morgan fingerprint density at radius 2 is 1.67 bits per heavy atom. The molecule has 0 aromatic carbocycles. The Balaban J connectivity index is 0.852. The van der Waals surface area contributed by atoms with Crippen LogP contribution >= 0.6 is 0 Å². The molecule has 0 amide bonds. The molecule has 2 saturated heterocycles. The summed E-state index contributed by atoms with van der Waals surface area (Å²) in [6.45, 7) is 4.24. The number of carbonyl (C=O) groups excluding carboxylic acids is 2. The molecule has 13 nitrogen and oxygen atoms in total. The molecule has 0 unspecified atom stereocenters. The minimum atomic E-state index is -1.63. The number of rotatable bonds is 11. The van der Waals surface area contributed by atoms with E-state index in [-0.39, 0.29) is 59.0 Å². The van der Waals surface area contributed by atoms with Gasteiger partial charge in [-0.25, -0.2) is 4.79 Å². The summed E-state index contributed by atoms with van der Waals surface area (Å²) in [5.74, 6) is -0.341. The number of esters is 2. The third-order valence-corrected chi connectivity index (χ3v) is 14.3. The second kappa shape index (κ2) is 13.8. The second-order valence-electron chi connectivity index (χ2n) is 16.7. The van der Waals surface area contributed by atoms with Gasteiger partial charge < -0.3 is 48.9 Å². The number of unbranched alkanes of at least 4 members (excludes halogenated alkanes) is 3. The highest BCUT2D eigenvalue weighted by atomic mass is 16.7. The minimum Gasteiger partial charge on any atom is -0.465 e. The van der Waals surface area contributed by atoms with E-state index in [4.69, 9.17) is 23.4 Å². The number of epoxide rings is 1. The first kappa shape index (κ1) is 36.9. The summed E-state index contributed by atoms with van der Waals surface area (Å²) in [4.78, 5) is 37.1. The Hall–Kier alpha value is -2.39. The fraction of sp³-hybridized carbons (Fsp3) is 0.816. The summed E-state index contributed by atoms with van der Waals surface area (Å²) in [6, 6.07) is 3.42. The smallest absolute Gasteiger partial charge is 0.335 e. The summed E-state index contributed by atoms with van der Waals surface area (Å²) in [6.07, 6.45) is 3.20. The third kappa shape index (κ3) is 6.08. The molecule has 14 atom stereocenters. The van der Waals surface area contributed by atoms with Crippen molar-refractivity contribution in [1.29, 1.82) is 0 Å². The van der Waals surface area contributed by atoms with E-state index in [0.29, 0.717) is 50.4 Å². The predicted molar refractivity (Wildman–Crippen MR) is 178 cm³/mol. The van der Waals surface area contributed by atoms with E-state index in [1.54, 1.807) is 6.26 Å². The average molecular weight is 719 g/mol.